The van der Waals surface area contributed by atoms with Crippen molar-refractivity contribution in [2.45, 2.75) is 25.7 Å². The Morgan fingerprint density at radius 3 is 2.57 bits per heavy atom. The highest BCUT2D eigenvalue weighted by Gasteiger charge is 2.41. The van der Waals surface area contributed by atoms with Crippen LogP contribution in [0.4, 0.5) is 10.5 Å². The fourth-order valence-corrected chi connectivity index (χ4v) is 2.94. The first-order valence-corrected chi connectivity index (χ1v) is 7.83. The molecule has 1 aliphatic carbocycles. The average molecular weight is 376 g/mol. The topological polar surface area (TPSA) is 78.4 Å². The second kappa shape index (κ2) is 6.66. The van der Waals surface area contributed by atoms with E-state index in [0.717, 1.165) is 17.3 Å². The van der Waals surface area contributed by atoms with Gasteiger partial charge in [0.15, 0.2) is 0 Å². The summed E-state index contributed by atoms with van der Waals surface area (Å²) in [7, 11) is 0. The van der Waals surface area contributed by atoms with Crippen LogP contribution in [-0.2, 0) is 4.79 Å². The van der Waals surface area contributed by atoms with Gasteiger partial charge in [-0.25, -0.2) is 4.79 Å². The molecule has 0 aliphatic heterocycles. The Labute approximate surface area is 136 Å². The van der Waals surface area contributed by atoms with E-state index in [0.29, 0.717) is 23.6 Å². The van der Waals surface area contributed by atoms with Crippen LogP contribution in [0.2, 0.25) is 5.02 Å². The van der Waals surface area contributed by atoms with Crippen molar-refractivity contribution < 1.29 is 14.7 Å². The van der Waals surface area contributed by atoms with Crippen LogP contribution < -0.4 is 10.6 Å². The molecule has 0 radical (unpaired) electrons. The van der Waals surface area contributed by atoms with Crippen molar-refractivity contribution in [3.8, 4) is 0 Å². The van der Waals surface area contributed by atoms with Crippen molar-refractivity contribution in [1.82, 2.24) is 5.32 Å². The molecular formula is C14H16BrClN2O3. The lowest BCUT2D eigenvalue weighted by atomic mass is 9.86. The largest absolute Gasteiger partial charge is 0.481 e. The van der Waals surface area contributed by atoms with Crippen LogP contribution in [0.15, 0.2) is 22.7 Å². The molecule has 0 saturated heterocycles. The number of amides is 2. The van der Waals surface area contributed by atoms with E-state index < -0.39 is 17.4 Å². The minimum atomic E-state index is -0.841. The molecule has 0 bridgehead atoms. The maximum Gasteiger partial charge on any atom is 0.319 e. The molecule has 1 aromatic carbocycles. The number of hydrogen-bond donors (Lipinski definition) is 3. The van der Waals surface area contributed by atoms with Gasteiger partial charge in [-0.3, -0.25) is 4.79 Å². The highest BCUT2D eigenvalue weighted by atomic mass is 79.9. The van der Waals surface area contributed by atoms with Crippen LogP contribution in [-0.4, -0.2) is 23.7 Å². The number of nitrogens with one attached hydrogen (secondary N) is 2. The van der Waals surface area contributed by atoms with Gasteiger partial charge in [0.2, 0.25) is 0 Å². The number of halogens is 2. The number of aliphatic carboxylic acids is 1. The molecule has 5 nitrogen and oxygen atoms in total. The lowest BCUT2D eigenvalue weighted by molar-refractivity contribution is -0.148. The Balaban J connectivity index is 1.92. The van der Waals surface area contributed by atoms with E-state index in [1.165, 1.54) is 0 Å². The summed E-state index contributed by atoms with van der Waals surface area (Å²) in [6, 6.07) is 4.63. The van der Waals surface area contributed by atoms with E-state index in [1.54, 1.807) is 18.2 Å². The molecule has 21 heavy (non-hydrogen) atoms. The molecule has 2 amide bonds. The van der Waals surface area contributed by atoms with Crippen LogP contribution in [0.25, 0.3) is 0 Å². The molecule has 0 atom stereocenters. The predicted molar refractivity (Wildman–Crippen MR) is 84.7 cm³/mol. The third kappa shape index (κ3) is 3.89. The van der Waals surface area contributed by atoms with Gasteiger partial charge in [-0.15, -0.1) is 0 Å². The van der Waals surface area contributed by atoms with Gasteiger partial charge < -0.3 is 15.7 Å². The number of hydrogen-bond acceptors (Lipinski definition) is 2. The van der Waals surface area contributed by atoms with E-state index in [2.05, 4.69) is 26.6 Å². The number of urea groups is 1. The maximum atomic E-state index is 11.9. The summed E-state index contributed by atoms with van der Waals surface area (Å²) in [5, 5.41) is 15.1. The van der Waals surface area contributed by atoms with Gasteiger partial charge in [0.25, 0.3) is 0 Å². The number of carboxylic acids is 1. The standard InChI is InChI=1S/C14H16BrClN2O3/c15-10-4-3-9(7-11(10)16)18-13(21)17-8-14(12(19)20)5-1-2-6-14/h3-4,7H,1-2,5-6,8H2,(H,19,20)(H2,17,18,21). The van der Waals surface area contributed by atoms with Crippen molar-refractivity contribution in [3.63, 3.8) is 0 Å². The first-order chi connectivity index (χ1) is 9.93. The second-order valence-corrected chi connectivity index (χ2v) is 6.49. The van der Waals surface area contributed by atoms with Crippen molar-refractivity contribution in [2.24, 2.45) is 5.41 Å². The first kappa shape index (κ1) is 16.1. The summed E-state index contributed by atoms with van der Waals surface area (Å²) in [6.45, 7) is 0.137. The molecule has 3 N–H and O–H groups in total. The predicted octanol–water partition coefficient (Wildman–Crippen LogP) is 3.87. The second-order valence-electron chi connectivity index (χ2n) is 5.23. The van der Waals surface area contributed by atoms with Gasteiger partial charge in [0.05, 0.1) is 10.4 Å². The molecule has 1 aliphatic rings. The lowest BCUT2D eigenvalue weighted by Crippen LogP contribution is -2.42. The van der Waals surface area contributed by atoms with Crippen LogP contribution in [0, 0.1) is 5.41 Å². The first-order valence-electron chi connectivity index (χ1n) is 6.66. The van der Waals surface area contributed by atoms with Crippen LogP contribution in [0.1, 0.15) is 25.7 Å². The van der Waals surface area contributed by atoms with Crippen LogP contribution in [0.3, 0.4) is 0 Å². The van der Waals surface area contributed by atoms with E-state index in [-0.39, 0.29) is 6.54 Å². The van der Waals surface area contributed by atoms with Gasteiger partial charge in [-0.1, -0.05) is 24.4 Å². The molecule has 1 fully saturated rings. The van der Waals surface area contributed by atoms with Gasteiger partial charge in [-0.2, -0.15) is 0 Å². The zero-order valence-electron chi connectivity index (χ0n) is 11.3. The van der Waals surface area contributed by atoms with Crippen molar-refractivity contribution in [1.29, 1.82) is 0 Å². The molecule has 0 aromatic heterocycles. The maximum absolute atomic E-state index is 11.9. The quantitative estimate of drug-likeness (QED) is 0.747. The molecule has 0 heterocycles. The SMILES string of the molecule is O=C(NCC1(C(=O)O)CCCC1)Nc1ccc(Br)c(Cl)c1. The van der Waals surface area contributed by atoms with Crippen molar-refractivity contribution >= 4 is 45.2 Å². The zero-order chi connectivity index (χ0) is 15.5. The monoisotopic (exact) mass is 374 g/mol. The summed E-state index contributed by atoms with van der Waals surface area (Å²) in [5.41, 5.74) is -0.272. The number of carbonyl (C=O) groups is 2. The zero-order valence-corrected chi connectivity index (χ0v) is 13.6. The molecular weight excluding hydrogens is 360 g/mol. The number of benzene rings is 1. The molecule has 114 valence electrons. The molecule has 2 rings (SSSR count). The fourth-order valence-electron chi connectivity index (χ4n) is 2.52. The molecule has 0 unspecified atom stereocenters. The minimum Gasteiger partial charge on any atom is -0.481 e. The molecule has 1 aromatic rings. The molecule has 0 spiro atoms. The van der Waals surface area contributed by atoms with Crippen molar-refractivity contribution in [3.05, 3.63) is 27.7 Å². The normalized spacial score (nSPS) is 16.5. The Bertz CT molecular complexity index is 559. The van der Waals surface area contributed by atoms with Gasteiger partial charge in [0, 0.05) is 16.7 Å². The highest BCUT2D eigenvalue weighted by Crippen LogP contribution is 2.37. The van der Waals surface area contributed by atoms with E-state index in [9.17, 15) is 14.7 Å². The van der Waals surface area contributed by atoms with Crippen LogP contribution in [0.5, 0.6) is 0 Å². The smallest absolute Gasteiger partial charge is 0.319 e. The number of carbonyl (C=O) groups excluding carboxylic acids is 1. The summed E-state index contributed by atoms with van der Waals surface area (Å²) < 4.78 is 0.742. The van der Waals surface area contributed by atoms with E-state index >= 15 is 0 Å². The third-order valence-electron chi connectivity index (χ3n) is 3.78. The fraction of sp³-hybridized carbons (Fsp3) is 0.429. The summed E-state index contributed by atoms with van der Waals surface area (Å²) in [5.74, 6) is -0.841. The number of anilines is 1. The van der Waals surface area contributed by atoms with Gasteiger partial charge in [0.1, 0.15) is 0 Å². The Kier molecular flexibility index (Phi) is 5.11. The Morgan fingerprint density at radius 1 is 1.33 bits per heavy atom. The summed E-state index contributed by atoms with van der Waals surface area (Å²) >= 11 is 9.21. The Hall–Kier alpha value is -1.27. The average Bonchev–Trinajstić information content (AvgIpc) is 2.91. The highest BCUT2D eigenvalue weighted by molar-refractivity contribution is 9.10. The minimum absolute atomic E-state index is 0.137. The van der Waals surface area contributed by atoms with Crippen molar-refractivity contribution in [2.75, 3.05) is 11.9 Å². The van der Waals surface area contributed by atoms with Gasteiger partial charge in [-0.05, 0) is 47.0 Å². The molecule has 7 heteroatoms. The van der Waals surface area contributed by atoms with Gasteiger partial charge >= 0.3 is 12.0 Å². The summed E-state index contributed by atoms with van der Waals surface area (Å²) in [4.78, 5) is 23.2. The summed E-state index contributed by atoms with van der Waals surface area (Å²) in [6.07, 6.45) is 2.98. The lowest BCUT2D eigenvalue weighted by Gasteiger charge is -2.24. The van der Waals surface area contributed by atoms with E-state index in [1.807, 2.05) is 0 Å². The van der Waals surface area contributed by atoms with E-state index in [4.69, 9.17) is 11.6 Å². The third-order valence-corrected chi connectivity index (χ3v) is 5.01. The number of carboxylic acid groups (broad SMARTS) is 1. The molecule has 1 saturated carbocycles. The van der Waals surface area contributed by atoms with Crippen LogP contribution >= 0.6 is 27.5 Å². The Morgan fingerprint density at radius 2 is 2.00 bits per heavy atom. The number of rotatable bonds is 4.